The zero-order chi connectivity index (χ0) is 11.3. The molecule has 1 rings (SSSR count). The Morgan fingerprint density at radius 1 is 1.27 bits per heavy atom. The maximum atomic E-state index is 10.9. The van der Waals surface area contributed by atoms with Gasteiger partial charge in [0.05, 0.1) is 5.69 Å². The molecular weight excluding hydrogens is 742 g/mol. The van der Waals surface area contributed by atoms with E-state index in [4.69, 9.17) is 0 Å². The fourth-order valence-corrected chi connectivity index (χ4v) is 0.866. The molecule has 0 aliphatic heterocycles. The Kier molecular flexibility index (Phi) is 13.6. The summed E-state index contributed by atoms with van der Waals surface area (Å²) in [5, 5.41) is 10.9. The zero-order valence-corrected chi connectivity index (χ0v) is 19.2. The molecule has 1 heterocycles. The first-order valence-electron chi connectivity index (χ1n) is 3.71. The molecule has 0 saturated heterocycles. The van der Waals surface area contributed by atoms with Gasteiger partial charge < -0.3 is 5.21 Å². The van der Waals surface area contributed by atoms with E-state index in [1.807, 2.05) is 19.9 Å². The van der Waals surface area contributed by atoms with Crippen molar-refractivity contribution in [3.05, 3.63) is 34.3 Å². The van der Waals surface area contributed by atoms with E-state index in [2.05, 4.69) is 66.1 Å². The zero-order valence-electron chi connectivity index (χ0n) is 8.42. The van der Waals surface area contributed by atoms with Gasteiger partial charge in [-0.2, -0.15) is 6.07 Å². The summed E-state index contributed by atoms with van der Waals surface area (Å²) in [6.07, 6.45) is 2.64. The Balaban J connectivity index is 0. The summed E-state index contributed by atoms with van der Waals surface area (Å²) in [4.78, 5) is -0.278. The predicted molar refractivity (Wildman–Crippen MR) is 80.5 cm³/mol. The van der Waals surface area contributed by atoms with Gasteiger partial charge in [0.2, 0.25) is 0 Å². The van der Waals surface area contributed by atoms with Crippen LogP contribution < -0.4 is 4.73 Å². The number of aromatic nitrogens is 1. The van der Waals surface area contributed by atoms with Crippen LogP contribution in [0.5, 0.6) is 0 Å². The number of nitrogens with zero attached hydrogens (tertiary/aromatic N) is 1. The second-order valence-corrected chi connectivity index (χ2v) is 38.1. The summed E-state index contributed by atoms with van der Waals surface area (Å²) < 4.78 is 0.782. The molecule has 0 fully saturated rings. The van der Waals surface area contributed by atoms with E-state index in [1.165, 1.54) is 0 Å². The quantitative estimate of drug-likeness (QED) is 0.172. The van der Waals surface area contributed by atoms with Crippen molar-refractivity contribution in [2.75, 3.05) is 0 Å². The Bertz CT molecular complexity index is 286. The van der Waals surface area contributed by atoms with Crippen LogP contribution >= 0.6 is 59.9 Å². The predicted octanol–water partition coefficient (Wildman–Crippen LogP) is 3.70. The Morgan fingerprint density at radius 2 is 1.67 bits per heavy atom. The summed E-state index contributed by atoms with van der Waals surface area (Å²) in [6.45, 7) is 5.57. The van der Waals surface area contributed by atoms with Crippen molar-refractivity contribution in [1.29, 1.82) is 0 Å². The molecule has 0 atom stereocenters. The Morgan fingerprint density at radius 3 is 2.00 bits per heavy atom. The number of halogens is 3. The fraction of sp³-hybridized carbons (Fsp3) is 0.375. The third-order valence-corrected chi connectivity index (χ3v) is 1.59. The normalized spacial score (nSPS) is 9.00. The van der Waals surface area contributed by atoms with E-state index in [9.17, 15) is 5.21 Å². The first-order chi connectivity index (χ1) is 6.34. The molecule has 86 valence electrons. The van der Waals surface area contributed by atoms with Crippen LogP contribution in [0.4, 0.5) is 0 Å². The van der Waals surface area contributed by atoms with Crippen molar-refractivity contribution < 1.29 is 30.7 Å². The number of rotatable bonds is 0. The third kappa shape index (κ3) is 10.1. The molecular formula is C8H10I3NOVW-. The van der Waals surface area contributed by atoms with Crippen LogP contribution in [0.2, 0.25) is 0 Å². The van der Waals surface area contributed by atoms with Crippen molar-refractivity contribution in [3.8, 4) is 0 Å². The van der Waals surface area contributed by atoms with Crippen LogP contribution in [-0.2, 0) is 26.0 Å². The molecule has 7 heteroatoms. The molecule has 0 aromatic carbocycles. The monoisotopic (exact) mass is 752 g/mol. The summed E-state index contributed by atoms with van der Waals surface area (Å²) in [5.41, 5.74) is 2.63. The third-order valence-electron chi connectivity index (χ3n) is 1.59. The molecule has 1 aromatic heterocycles. The summed E-state index contributed by atoms with van der Waals surface area (Å²) >= 11 is 7.39. The van der Waals surface area contributed by atoms with Crippen LogP contribution in [0.15, 0.2) is 6.07 Å². The number of aryl methyl sites for hydroxylation is 2. The van der Waals surface area contributed by atoms with Crippen LogP contribution in [0, 0.1) is 32.2 Å². The maximum Gasteiger partial charge on any atom is 0 e. The van der Waals surface area contributed by atoms with Gasteiger partial charge in [0.25, 0.3) is 0 Å². The van der Waals surface area contributed by atoms with Gasteiger partial charge in [0.1, 0.15) is 6.20 Å². The van der Waals surface area contributed by atoms with E-state index in [0.717, 1.165) is 21.6 Å². The average molecular weight is 752 g/mol. The number of hydrogen-bond acceptors (Lipinski definition) is 1. The molecule has 0 unspecified atom stereocenters. The van der Waals surface area contributed by atoms with E-state index in [0.29, 0.717) is 0 Å². The van der Waals surface area contributed by atoms with E-state index < -0.39 is 0 Å². The molecule has 0 bridgehead atoms. The average Bonchev–Trinajstić information content (AvgIpc) is 1.98. The largest absolute Gasteiger partial charge is 0 e. The first kappa shape index (κ1) is 19.7. The topological polar surface area (TPSA) is 26.9 Å². The van der Waals surface area contributed by atoms with Crippen molar-refractivity contribution >= 4 is 59.9 Å². The van der Waals surface area contributed by atoms with Gasteiger partial charge in [-0.05, 0) is 6.92 Å². The van der Waals surface area contributed by atoms with Gasteiger partial charge in [-0.1, -0.05) is 25.0 Å². The minimum Gasteiger partial charge on any atom is 0 e. The maximum absolute atomic E-state index is 10.9. The smallest absolute Gasteiger partial charge is 0 e. The van der Waals surface area contributed by atoms with Gasteiger partial charge >= 0.3 is 64.9 Å². The SMILES string of the molecule is Cc1[c-][n+]([O-])c(C)c(C)c1.[I][V]([I])[I].[W]. The molecule has 0 spiro atoms. The fourth-order valence-electron chi connectivity index (χ4n) is 0.866. The van der Waals surface area contributed by atoms with E-state index in [-0.39, 0.29) is 26.0 Å². The van der Waals surface area contributed by atoms with Gasteiger partial charge in [-0.3, -0.25) is 4.73 Å². The minimum atomic E-state index is -0.278. The molecule has 2 nitrogen and oxygen atoms in total. The summed E-state index contributed by atoms with van der Waals surface area (Å²) in [5.74, 6) is 0. The van der Waals surface area contributed by atoms with Gasteiger partial charge in [0, 0.05) is 21.1 Å². The van der Waals surface area contributed by atoms with Gasteiger partial charge in [-0.25, -0.2) is 0 Å². The second kappa shape index (κ2) is 10.3. The van der Waals surface area contributed by atoms with Gasteiger partial charge in [0.15, 0.2) is 0 Å². The Labute approximate surface area is 143 Å². The molecule has 0 aliphatic rings. The standard InChI is InChI=1S/C8H10NO.3HI.V.W/c1-6-4-7(2)8(3)9(10)5-6;;;;;/h4H,1-3H3;3*1H;;/q-1;;;;+3;/p-3. The van der Waals surface area contributed by atoms with Crippen LogP contribution in [0.1, 0.15) is 16.8 Å². The van der Waals surface area contributed by atoms with Crippen molar-refractivity contribution in [3.63, 3.8) is 0 Å². The minimum absolute atomic E-state index is 0. The summed E-state index contributed by atoms with van der Waals surface area (Å²) in [6, 6.07) is 1.95. The van der Waals surface area contributed by atoms with E-state index >= 15 is 0 Å². The molecule has 0 aliphatic carbocycles. The summed E-state index contributed by atoms with van der Waals surface area (Å²) in [7, 11) is 0. The van der Waals surface area contributed by atoms with Crippen LogP contribution in [-0.4, -0.2) is 0 Å². The second-order valence-electron chi connectivity index (χ2n) is 2.69. The van der Waals surface area contributed by atoms with Crippen LogP contribution in [0.25, 0.3) is 0 Å². The number of hydrogen-bond donors (Lipinski definition) is 0. The molecule has 1 aromatic rings. The molecule has 15 heavy (non-hydrogen) atoms. The molecule has 0 amide bonds. The Hall–Kier alpha value is 2.41. The first-order valence-corrected chi connectivity index (χ1v) is 17.2. The molecule has 0 N–H and O–H groups in total. The number of pyridine rings is 1. The molecule has 0 saturated carbocycles. The van der Waals surface area contributed by atoms with Crippen LogP contribution in [0.3, 0.4) is 0 Å². The van der Waals surface area contributed by atoms with Crippen molar-refractivity contribution in [2.24, 2.45) is 0 Å². The molecule has 0 radical (unpaired) electrons. The van der Waals surface area contributed by atoms with Crippen molar-refractivity contribution in [1.82, 2.24) is 0 Å². The van der Waals surface area contributed by atoms with Gasteiger partial charge in [-0.15, -0.1) is 0 Å². The van der Waals surface area contributed by atoms with E-state index in [1.54, 1.807) is 6.92 Å². The van der Waals surface area contributed by atoms with Crippen molar-refractivity contribution in [2.45, 2.75) is 20.8 Å².